The van der Waals surface area contributed by atoms with E-state index in [1.807, 2.05) is 32.0 Å². The number of rotatable bonds is 4. The lowest BCUT2D eigenvalue weighted by atomic mass is 10.1. The first-order valence-corrected chi connectivity index (χ1v) is 9.75. The molecule has 1 aliphatic rings. The second-order valence-corrected chi connectivity index (χ2v) is 7.28. The molecule has 1 heterocycles. The van der Waals surface area contributed by atoms with E-state index in [-0.39, 0.29) is 23.9 Å². The largest absolute Gasteiger partial charge is 0.336 e. The van der Waals surface area contributed by atoms with E-state index in [1.165, 1.54) is 0 Å². The third-order valence-corrected chi connectivity index (χ3v) is 4.66. The molecule has 152 valence electrons. The van der Waals surface area contributed by atoms with Crippen molar-refractivity contribution in [3.63, 3.8) is 0 Å². The van der Waals surface area contributed by atoms with E-state index in [9.17, 15) is 14.4 Å². The monoisotopic (exact) mass is 394 g/mol. The smallest absolute Gasteiger partial charge is 0.319 e. The Morgan fingerprint density at radius 1 is 0.793 bits per heavy atom. The summed E-state index contributed by atoms with van der Waals surface area (Å²) in [5.74, 6) is -0.121. The third kappa shape index (κ3) is 5.34. The summed E-state index contributed by atoms with van der Waals surface area (Å²) in [7, 11) is 0. The minimum absolute atomic E-state index is 0.0138. The first-order chi connectivity index (χ1) is 13.9. The average Bonchev–Trinajstić information content (AvgIpc) is 2.73. The van der Waals surface area contributed by atoms with Gasteiger partial charge in [0.15, 0.2) is 0 Å². The highest BCUT2D eigenvalue weighted by atomic mass is 16.2. The van der Waals surface area contributed by atoms with Crippen LogP contribution in [0.3, 0.4) is 0 Å². The average molecular weight is 394 g/mol. The molecule has 1 aliphatic heterocycles. The van der Waals surface area contributed by atoms with Gasteiger partial charge in [-0.05, 0) is 44.2 Å². The number of carbonyl (C=O) groups excluding carboxylic acids is 3. The molecule has 1 fully saturated rings. The molecule has 0 bridgehead atoms. The van der Waals surface area contributed by atoms with Gasteiger partial charge in [0.1, 0.15) is 0 Å². The van der Waals surface area contributed by atoms with Crippen LogP contribution in [-0.2, 0) is 0 Å². The van der Waals surface area contributed by atoms with Crippen molar-refractivity contribution in [2.75, 3.05) is 31.5 Å². The fourth-order valence-electron chi connectivity index (χ4n) is 3.22. The Kier molecular flexibility index (Phi) is 6.49. The summed E-state index contributed by atoms with van der Waals surface area (Å²) in [5, 5.41) is 5.49. The van der Waals surface area contributed by atoms with Gasteiger partial charge in [-0.1, -0.05) is 24.3 Å². The van der Waals surface area contributed by atoms with Crippen LogP contribution in [-0.4, -0.2) is 59.9 Å². The Hall–Kier alpha value is -3.35. The maximum atomic E-state index is 12.9. The van der Waals surface area contributed by atoms with Crippen molar-refractivity contribution >= 4 is 23.5 Å². The van der Waals surface area contributed by atoms with Gasteiger partial charge in [0, 0.05) is 49.0 Å². The van der Waals surface area contributed by atoms with Gasteiger partial charge in [0.05, 0.1) is 0 Å². The Morgan fingerprint density at radius 3 is 1.93 bits per heavy atom. The number of anilines is 1. The first-order valence-electron chi connectivity index (χ1n) is 9.75. The molecule has 0 atom stereocenters. The zero-order valence-corrected chi connectivity index (χ0v) is 16.7. The highest BCUT2D eigenvalue weighted by molar-refractivity contribution is 5.97. The summed E-state index contributed by atoms with van der Waals surface area (Å²) in [6, 6.07) is 15.8. The van der Waals surface area contributed by atoms with Gasteiger partial charge in [-0.15, -0.1) is 0 Å². The van der Waals surface area contributed by atoms with Crippen molar-refractivity contribution in [3.8, 4) is 0 Å². The van der Waals surface area contributed by atoms with Gasteiger partial charge in [0.2, 0.25) is 0 Å². The second kappa shape index (κ2) is 9.23. The maximum Gasteiger partial charge on any atom is 0.319 e. The minimum atomic E-state index is -0.308. The molecule has 2 N–H and O–H groups in total. The topological polar surface area (TPSA) is 81.8 Å². The van der Waals surface area contributed by atoms with Gasteiger partial charge < -0.3 is 20.4 Å². The third-order valence-electron chi connectivity index (χ3n) is 4.66. The molecular weight excluding hydrogens is 368 g/mol. The molecule has 0 aliphatic carbocycles. The Bertz CT molecular complexity index is 875. The van der Waals surface area contributed by atoms with Crippen molar-refractivity contribution in [1.29, 1.82) is 0 Å². The van der Waals surface area contributed by atoms with Gasteiger partial charge >= 0.3 is 6.03 Å². The van der Waals surface area contributed by atoms with Gasteiger partial charge in [-0.3, -0.25) is 9.59 Å². The van der Waals surface area contributed by atoms with Gasteiger partial charge in [-0.2, -0.15) is 0 Å². The van der Waals surface area contributed by atoms with Crippen LogP contribution in [0.2, 0.25) is 0 Å². The van der Waals surface area contributed by atoms with Crippen LogP contribution in [0.25, 0.3) is 0 Å². The summed E-state index contributed by atoms with van der Waals surface area (Å²) in [6.45, 7) is 5.69. The zero-order chi connectivity index (χ0) is 20.8. The molecule has 7 nitrogen and oxygen atoms in total. The molecule has 0 radical (unpaired) electrons. The second-order valence-electron chi connectivity index (χ2n) is 7.28. The lowest BCUT2D eigenvalue weighted by molar-refractivity contribution is 0.0535. The fraction of sp³-hybridized carbons (Fsp3) is 0.318. The summed E-state index contributed by atoms with van der Waals surface area (Å²) >= 11 is 0. The normalized spacial score (nSPS) is 13.9. The molecule has 0 spiro atoms. The molecule has 1 saturated heterocycles. The molecule has 0 unspecified atom stereocenters. The van der Waals surface area contributed by atoms with Crippen molar-refractivity contribution in [1.82, 2.24) is 15.1 Å². The van der Waals surface area contributed by atoms with Crippen molar-refractivity contribution in [2.45, 2.75) is 19.9 Å². The van der Waals surface area contributed by atoms with Crippen LogP contribution in [0, 0.1) is 0 Å². The lowest BCUT2D eigenvalue weighted by Crippen LogP contribution is -2.50. The van der Waals surface area contributed by atoms with E-state index in [0.717, 1.165) is 0 Å². The molecule has 29 heavy (non-hydrogen) atoms. The number of urea groups is 1. The Labute approximate surface area is 170 Å². The number of nitrogens with zero attached hydrogens (tertiary/aromatic N) is 2. The Balaban J connectivity index is 1.58. The molecule has 0 saturated carbocycles. The van der Waals surface area contributed by atoms with E-state index < -0.39 is 0 Å². The maximum absolute atomic E-state index is 12.9. The highest BCUT2D eigenvalue weighted by Crippen LogP contribution is 2.15. The van der Waals surface area contributed by atoms with Crippen molar-refractivity contribution in [2.24, 2.45) is 0 Å². The van der Waals surface area contributed by atoms with Crippen LogP contribution in [0.15, 0.2) is 54.6 Å². The number of piperazine rings is 1. The number of hydrogen-bond acceptors (Lipinski definition) is 3. The van der Waals surface area contributed by atoms with Gasteiger partial charge in [0.25, 0.3) is 11.8 Å². The summed E-state index contributed by atoms with van der Waals surface area (Å²) in [4.78, 5) is 40.8. The van der Waals surface area contributed by atoms with Crippen molar-refractivity contribution in [3.05, 3.63) is 65.7 Å². The van der Waals surface area contributed by atoms with Crippen molar-refractivity contribution < 1.29 is 14.4 Å². The predicted octanol–water partition coefficient (Wildman–Crippen LogP) is 2.81. The van der Waals surface area contributed by atoms with Crippen LogP contribution in [0.5, 0.6) is 0 Å². The van der Waals surface area contributed by atoms with Crippen LogP contribution in [0.4, 0.5) is 10.5 Å². The SMILES string of the molecule is CC(C)NC(=O)Nc1cccc(C(=O)N2CCN(C(=O)c3ccccc3)CC2)c1. The fourth-order valence-corrected chi connectivity index (χ4v) is 3.22. The number of amides is 4. The van der Waals surface area contributed by atoms with Gasteiger partial charge in [-0.25, -0.2) is 4.79 Å². The first kappa shape index (κ1) is 20.4. The molecule has 2 aromatic rings. The molecular formula is C22H26N4O3. The molecule has 2 aromatic carbocycles. The molecule has 4 amide bonds. The van der Waals surface area contributed by atoms with Crippen LogP contribution in [0.1, 0.15) is 34.6 Å². The molecule has 3 rings (SSSR count). The molecule has 7 heteroatoms. The number of carbonyl (C=O) groups is 3. The quantitative estimate of drug-likeness (QED) is 0.837. The summed E-state index contributed by atoms with van der Waals surface area (Å²) < 4.78 is 0. The van der Waals surface area contributed by atoms with E-state index in [1.54, 1.807) is 46.2 Å². The highest BCUT2D eigenvalue weighted by Gasteiger charge is 2.25. The zero-order valence-electron chi connectivity index (χ0n) is 16.7. The van der Waals surface area contributed by atoms with E-state index >= 15 is 0 Å². The standard InChI is InChI=1S/C22H26N4O3/c1-16(2)23-22(29)24-19-10-6-9-18(15-19)21(28)26-13-11-25(12-14-26)20(27)17-7-4-3-5-8-17/h3-10,15-16H,11-14H2,1-2H3,(H2,23,24,29). The van der Waals surface area contributed by atoms with E-state index in [2.05, 4.69) is 10.6 Å². The van der Waals surface area contributed by atoms with Crippen LogP contribution >= 0.6 is 0 Å². The number of benzene rings is 2. The summed E-state index contributed by atoms with van der Waals surface area (Å²) in [5.41, 5.74) is 1.73. The van der Waals surface area contributed by atoms with E-state index in [4.69, 9.17) is 0 Å². The van der Waals surface area contributed by atoms with E-state index in [0.29, 0.717) is 43.0 Å². The Morgan fingerprint density at radius 2 is 1.34 bits per heavy atom. The minimum Gasteiger partial charge on any atom is -0.336 e. The predicted molar refractivity (Wildman–Crippen MR) is 112 cm³/mol. The summed E-state index contributed by atoms with van der Waals surface area (Å²) in [6.07, 6.45) is 0. The number of nitrogens with one attached hydrogen (secondary N) is 2. The molecule has 0 aromatic heterocycles. The lowest BCUT2D eigenvalue weighted by Gasteiger charge is -2.35. The van der Waals surface area contributed by atoms with Crippen LogP contribution < -0.4 is 10.6 Å². The number of hydrogen-bond donors (Lipinski definition) is 2.